The lowest BCUT2D eigenvalue weighted by atomic mass is 10.2. The number of ether oxygens (including phenoxy) is 1. The van der Waals surface area contributed by atoms with Gasteiger partial charge in [0, 0.05) is 43.2 Å². The van der Waals surface area contributed by atoms with Crippen molar-refractivity contribution < 1.29 is 13.9 Å². The van der Waals surface area contributed by atoms with Gasteiger partial charge in [0.25, 0.3) is 0 Å². The van der Waals surface area contributed by atoms with Crippen LogP contribution >= 0.6 is 11.3 Å². The number of oxazole rings is 1. The molecular formula is C18H23N3O3S. The molecule has 0 N–H and O–H groups in total. The summed E-state index contributed by atoms with van der Waals surface area (Å²) in [4.78, 5) is 21.7. The molecule has 2 aliphatic rings. The second-order valence-electron chi connectivity index (χ2n) is 6.64. The number of rotatable bonds is 4. The van der Waals surface area contributed by atoms with Crippen molar-refractivity contribution in [1.29, 1.82) is 0 Å². The molecule has 7 heteroatoms. The van der Waals surface area contributed by atoms with E-state index in [4.69, 9.17) is 9.15 Å². The van der Waals surface area contributed by atoms with Crippen LogP contribution in [0.4, 0.5) is 0 Å². The summed E-state index contributed by atoms with van der Waals surface area (Å²) in [6, 6.07) is 2.45. The predicted molar refractivity (Wildman–Crippen MR) is 95.6 cm³/mol. The molecule has 6 nitrogen and oxygen atoms in total. The van der Waals surface area contributed by atoms with Crippen molar-refractivity contribution in [2.24, 2.45) is 0 Å². The van der Waals surface area contributed by atoms with Gasteiger partial charge in [0.05, 0.1) is 25.3 Å². The molecule has 4 heterocycles. The minimum absolute atomic E-state index is 0.143. The molecule has 0 aromatic carbocycles. The summed E-state index contributed by atoms with van der Waals surface area (Å²) in [5.41, 5.74) is 1.72. The molecule has 2 aliphatic heterocycles. The van der Waals surface area contributed by atoms with Gasteiger partial charge < -0.3 is 14.1 Å². The molecule has 2 aromatic rings. The fourth-order valence-electron chi connectivity index (χ4n) is 3.57. The quantitative estimate of drug-likeness (QED) is 0.835. The number of morpholine rings is 1. The van der Waals surface area contributed by atoms with Crippen LogP contribution < -0.4 is 0 Å². The molecule has 0 saturated carbocycles. The minimum Gasteiger partial charge on any atom is -0.441 e. The second-order valence-corrected chi connectivity index (χ2v) is 7.42. The van der Waals surface area contributed by atoms with Crippen LogP contribution in [-0.4, -0.2) is 66.1 Å². The molecule has 1 amide bonds. The SMILES string of the molecule is Cc1oc(-c2ccsc2)nc1CC(=O)N1CCC(N2CCOCC2)C1. The third kappa shape index (κ3) is 3.63. The van der Waals surface area contributed by atoms with Gasteiger partial charge in [-0.2, -0.15) is 11.3 Å². The van der Waals surface area contributed by atoms with Crippen molar-refractivity contribution in [3.05, 3.63) is 28.3 Å². The standard InChI is InChI=1S/C18H23N3O3S/c1-13-16(19-18(24-13)14-3-9-25-12-14)10-17(22)21-4-2-15(11-21)20-5-7-23-8-6-20/h3,9,12,15H,2,4-8,10-11H2,1H3. The molecule has 25 heavy (non-hydrogen) atoms. The van der Waals surface area contributed by atoms with E-state index in [9.17, 15) is 4.79 Å². The highest BCUT2D eigenvalue weighted by Gasteiger charge is 2.31. The van der Waals surface area contributed by atoms with Gasteiger partial charge in [0.2, 0.25) is 11.8 Å². The zero-order valence-electron chi connectivity index (χ0n) is 14.4. The van der Waals surface area contributed by atoms with Gasteiger partial charge in [-0.05, 0) is 24.8 Å². The number of hydrogen-bond donors (Lipinski definition) is 0. The van der Waals surface area contributed by atoms with E-state index in [-0.39, 0.29) is 5.91 Å². The number of carbonyl (C=O) groups excluding carboxylic acids is 1. The molecule has 0 spiro atoms. The van der Waals surface area contributed by atoms with E-state index in [1.807, 2.05) is 28.7 Å². The Hall–Kier alpha value is -1.70. The van der Waals surface area contributed by atoms with Gasteiger partial charge in [0.15, 0.2) is 0 Å². The first kappa shape index (κ1) is 16.8. The Morgan fingerprint density at radius 1 is 1.36 bits per heavy atom. The lowest BCUT2D eigenvalue weighted by Crippen LogP contribution is -2.45. The largest absolute Gasteiger partial charge is 0.441 e. The van der Waals surface area contributed by atoms with Crippen LogP contribution in [0.3, 0.4) is 0 Å². The van der Waals surface area contributed by atoms with Gasteiger partial charge in [0.1, 0.15) is 5.76 Å². The van der Waals surface area contributed by atoms with Crippen molar-refractivity contribution in [1.82, 2.24) is 14.8 Å². The van der Waals surface area contributed by atoms with Crippen LogP contribution in [0.2, 0.25) is 0 Å². The first-order chi connectivity index (χ1) is 12.2. The number of carbonyl (C=O) groups is 1. The molecule has 0 bridgehead atoms. The summed E-state index contributed by atoms with van der Waals surface area (Å²) in [6.45, 7) is 7.06. The Morgan fingerprint density at radius 3 is 2.96 bits per heavy atom. The number of nitrogens with zero attached hydrogens (tertiary/aromatic N) is 3. The Balaban J connectivity index is 1.38. The Labute approximate surface area is 151 Å². The van der Waals surface area contributed by atoms with Crippen LogP contribution in [0.15, 0.2) is 21.2 Å². The van der Waals surface area contributed by atoms with E-state index in [2.05, 4.69) is 9.88 Å². The maximum atomic E-state index is 12.7. The normalized spacial score (nSPS) is 21.8. The maximum Gasteiger partial charge on any atom is 0.228 e. The highest BCUT2D eigenvalue weighted by Crippen LogP contribution is 2.25. The van der Waals surface area contributed by atoms with Crippen LogP contribution in [0.25, 0.3) is 11.5 Å². The van der Waals surface area contributed by atoms with Crippen molar-refractivity contribution in [2.45, 2.75) is 25.8 Å². The van der Waals surface area contributed by atoms with E-state index in [1.165, 1.54) is 0 Å². The summed E-state index contributed by atoms with van der Waals surface area (Å²) in [6.07, 6.45) is 1.36. The Morgan fingerprint density at radius 2 is 2.20 bits per heavy atom. The van der Waals surface area contributed by atoms with Crippen LogP contribution in [0, 0.1) is 6.92 Å². The minimum atomic E-state index is 0.143. The summed E-state index contributed by atoms with van der Waals surface area (Å²) in [5.74, 6) is 1.48. The molecule has 0 aliphatic carbocycles. The summed E-state index contributed by atoms with van der Waals surface area (Å²) in [5, 5.41) is 4.00. The topological polar surface area (TPSA) is 58.8 Å². The molecule has 134 valence electrons. The van der Waals surface area contributed by atoms with Crippen LogP contribution in [0.5, 0.6) is 0 Å². The van der Waals surface area contributed by atoms with E-state index >= 15 is 0 Å². The molecule has 2 saturated heterocycles. The van der Waals surface area contributed by atoms with E-state index < -0.39 is 0 Å². The third-order valence-electron chi connectivity index (χ3n) is 5.06. The fourth-order valence-corrected chi connectivity index (χ4v) is 4.20. The zero-order valence-corrected chi connectivity index (χ0v) is 15.3. The molecular weight excluding hydrogens is 338 g/mol. The van der Waals surface area contributed by atoms with E-state index in [1.54, 1.807) is 11.3 Å². The van der Waals surface area contributed by atoms with Crippen molar-refractivity contribution >= 4 is 17.2 Å². The zero-order chi connectivity index (χ0) is 17.2. The lowest BCUT2D eigenvalue weighted by Gasteiger charge is -2.32. The van der Waals surface area contributed by atoms with Crippen LogP contribution in [0.1, 0.15) is 17.9 Å². The van der Waals surface area contributed by atoms with Crippen molar-refractivity contribution in [3.8, 4) is 11.5 Å². The molecule has 1 atom stereocenters. The van der Waals surface area contributed by atoms with E-state index in [0.29, 0.717) is 18.4 Å². The number of aromatic nitrogens is 1. The third-order valence-corrected chi connectivity index (χ3v) is 5.74. The predicted octanol–water partition coefficient (Wildman–Crippen LogP) is 2.19. The Bertz CT molecular complexity index is 722. The number of amides is 1. The van der Waals surface area contributed by atoms with Gasteiger partial charge in [-0.15, -0.1) is 0 Å². The monoisotopic (exact) mass is 361 g/mol. The number of hydrogen-bond acceptors (Lipinski definition) is 6. The highest BCUT2D eigenvalue weighted by atomic mass is 32.1. The smallest absolute Gasteiger partial charge is 0.228 e. The average Bonchev–Trinajstić information content (AvgIpc) is 3.37. The number of thiophene rings is 1. The molecule has 1 unspecified atom stereocenters. The first-order valence-electron chi connectivity index (χ1n) is 8.79. The van der Waals surface area contributed by atoms with Crippen LogP contribution in [-0.2, 0) is 16.0 Å². The Kier molecular flexibility index (Phi) is 4.87. The highest BCUT2D eigenvalue weighted by molar-refractivity contribution is 7.08. The average molecular weight is 361 g/mol. The van der Waals surface area contributed by atoms with Crippen molar-refractivity contribution in [2.75, 3.05) is 39.4 Å². The fraction of sp³-hybridized carbons (Fsp3) is 0.556. The second kappa shape index (κ2) is 7.27. The van der Waals surface area contributed by atoms with E-state index in [0.717, 1.165) is 62.8 Å². The summed E-state index contributed by atoms with van der Waals surface area (Å²) in [7, 11) is 0. The summed E-state index contributed by atoms with van der Waals surface area (Å²) >= 11 is 1.61. The molecule has 2 fully saturated rings. The van der Waals surface area contributed by atoms with Gasteiger partial charge in [-0.3, -0.25) is 9.69 Å². The summed E-state index contributed by atoms with van der Waals surface area (Å²) < 4.78 is 11.2. The molecule has 0 radical (unpaired) electrons. The lowest BCUT2D eigenvalue weighted by molar-refractivity contribution is -0.129. The maximum absolute atomic E-state index is 12.7. The van der Waals surface area contributed by atoms with Gasteiger partial charge >= 0.3 is 0 Å². The number of likely N-dealkylation sites (tertiary alicyclic amines) is 1. The molecule has 4 rings (SSSR count). The van der Waals surface area contributed by atoms with Crippen molar-refractivity contribution in [3.63, 3.8) is 0 Å². The molecule has 2 aromatic heterocycles. The number of aryl methyl sites for hydroxylation is 1. The van der Waals surface area contributed by atoms with Gasteiger partial charge in [-0.1, -0.05) is 0 Å². The first-order valence-corrected chi connectivity index (χ1v) is 9.73. The van der Waals surface area contributed by atoms with Gasteiger partial charge in [-0.25, -0.2) is 4.98 Å².